The molecule has 0 saturated carbocycles. The summed E-state index contributed by atoms with van der Waals surface area (Å²) in [5.74, 6) is -6.49. The van der Waals surface area contributed by atoms with Crippen LogP contribution in [0.4, 0.5) is 0 Å². The van der Waals surface area contributed by atoms with Crippen LogP contribution < -0.4 is 37.2 Å². The summed E-state index contributed by atoms with van der Waals surface area (Å²) in [5, 5.41) is 302. The number of carbonyl (C=O) groups is 7. The maximum Gasteiger partial charge on any atom is 0.217 e. The highest BCUT2D eigenvalue weighted by Crippen LogP contribution is 2.42. The smallest absolute Gasteiger partial charge is 0.217 e. The minimum atomic E-state index is -2.73. The van der Waals surface area contributed by atoms with Crippen molar-refractivity contribution in [2.45, 2.75) is 355 Å². The lowest BCUT2D eigenvalue weighted by Crippen LogP contribution is -2.71. The van der Waals surface area contributed by atoms with Gasteiger partial charge in [0.05, 0.1) is 66.1 Å². The molecule has 10 aliphatic rings. The molecular formula is C74H123N7O51. The van der Waals surface area contributed by atoms with Crippen LogP contribution in [0.1, 0.15) is 48.5 Å². The largest absolute Gasteiger partial charge is 0.394 e. The summed E-state index contributed by atoms with van der Waals surface area (Å²) in [6.45, 7) is -5.05. The molecule has 0 radical (unpaired) electrons. The molecule has 32 N–H and O–H groups in total. The summed E-state index contributed by atoms with van der Waals surface area (Å²) < 4.78 is 117. The van der Waals surface area contributed by atoms with Gasteiger partial charge in [-0.15, -0.1) is 0 Å². The number of aliphatic hydroxyl groups is 25. The van der Waals surface area contributed by atoms with Crippen LogP contribution in [0.3, 0.4) is 0 Å². The van der Waals surface area contributed by atoms with E-state index in [2.05, 4.69) is 37.2 Å². The molecule has 10 saturated heterocycles. The summed E-state index contributed by atoms with van der Waals surface area (Å²) in [6.07, 6.45) is -93.8. The monoisotopic (exact) mass is 1930 g/mol. The Labute approximate surface area is 748 Å². The van der Waals surface area contributed by atoms with Crippen molar-refractivity contribution < 1.29 is 251 Å². The van der Waals surface area contributed by atoms with Crippen LogP contribution in [0.15, 0.2) is 0 Å². The molecule has 10 fully saturated rings. The first kappa shape index (κ1) is 109. The van der Waals surface area contributed by atoms with Crippen molar-refractivity contribution in [3.8, 4) is 0 Å². The third-order valence-electron chi connectivity index (χ3n) is 23.7. The lowest BCUT2D eigenvalue weighted by atomic mass is 9.93. The van der Waals surface area contributed by atoms with E-state index in [-0.39, 0.29) is 0 Å². The third-order valence-corrected chi connectivity index (χ3v) is 23.7. The molecule has 50 atom stereocenters. The fourth-order valence-electron chi connectivity index (χ4n) is 17.1. The molecule has 58 heteroatoms. The number of nitrogens with one attached hydrogen (secondary N) is 7. The highest BCUT2D eigenvalue weighted by Gasteiger charge is 2.63. The van der Waals surface area contributed by atoms with Crippen LogP contribution in [0.5, 0.6) is 0 Å². The molecule has 132 heavy (non-hydrogen) atoms. The average Bonchev–Trinajstić information content (AvgIpc) is 0.746. The van der Waals surface area contributed by atoms with Crippen molar-refractivity contribution in [2.75, 3.05) is 66.1 Å². The molecule has 0 aromatic carbocycles. The van der Waals surface area contributed by atoms with E-state index < -0.39 is 414 Å². The Morgan fingerprint density at radius 3 is 0.758 bits per heavy atom. The van der Waals surface area contributed by atoms with Crippen LogP contribution in [0.2, 0.25) is 0 Å². The van der Waals surface area contributed by atoms with Gasteiger partial charge in [-0.2, -0.15) is 0 Å². The van der Waals surface area contributed by atoms with Crippen LogP contribution in [-0.2, 0) is 124 Å². The zero-order valence-corrected chi connectivity index (χ0v) is 71.7. The minimum absolute atomic E-state index is 0.826. The highest BCUT2D eigenvalue weighted by molar-refractivity contribution is 5.75. The number of rotatable bonds is 35. The van der Waals surface area contributed by atoms with Gasteiger partial charge in [-0.3, -0.25) is 33.6 Å². The third kappa shape index (κ3) is 24.9. The molecule has 0 aliphatic carbocycles. The molecule has 10 aliphatic heterocycles. The first-order chi connectivity index (χ1) is 62.4. The molecule has 7 amide bonds. The normalized spacial score (nSPS) is 46.7. The van der Waals surface area contributed by atoms with Crippen LogP contribution in [0, 0.1) is 0 Å². The molecule has 0 aromatic rings. The van der Waals surface area contributed by atoms with E-state index in [1.807, 2.05) is 0 Å². The topological polar surface area (TPSA) is 885 Å². The quantitative estimate of drug-likeness (QED) is 0.0280. The number of amides is 7. The van der Waals surface area contributed by atoms with Gasteiger partial charge in [0.1, 0.15) is 244 Å². The van der Waals surface area contributed by atoms with E-state index in [0.29, 0.717) is 0 Å². The van der Waals surface area contributed by atoms with E-state index in [9.17, 15) is 161 Å². The van der Waals surface area contributed by atoms with E-state index >= 15 is 0 Å². The maximum atomic E-state index is 13.3. The molecular weight excluding hydrogens is 1800 g/mol. The predicted octanol–water partition coefficient (Wildman–Crippen LogP) is -21.8. The zero-order chi connectivity index (χ0) is 97.4. The Hall–Kier alpha value is -5.47. The van der Waals surface area contributed by atoms with Crippen molar-refractivity contribution in [1.82, 2.24) is 37.2 Å². The zero-order valence-electron chi connectivity index (χ0n) is 71.7. The number of hydrogen-bond donors (Lipinski definition) is 32. The Kier molecular flexibility index (Phi) is 39.4. The summed E-state index contributed by atoms with van der Waals surface area (Å²) >= 11 is 0. The van der Waals surface area contributed by atoms with Crippen molar-refractivity contribution in [3.63, 3.8) is 0 Å². The lowest BCUT2D eigenvalue weighted by Gasteiger charge is -2.52. The second-order valence-electron chi connectivity index (χ2n) is 33.2. The Balaban J connectivity index is 1.11. The van der Waals surface area contributed by atoms with Gasteiger partial charge in [-0.25, -0.2) is 0 Å². The minimum Gasteiger partial charge on any atom is -0.394 e. The maximum absolute atomic E-state index is 13.3. The Morgan fingerprint density at radius 2 is 0.417 bits per heavy atom. The van der Waals surface area contributed by atoms with Gasteiger partial charge in [0.2, 0.25) is 41.4 Å². The predicted molar refractivity (Wildman–Crippen MR) is 411 cm³/mol. The Morgan fingerprint density at radius 1 is 0.197 bits per heavy atom. The van der Waals surface area contributed by atoms with E-state index in [0.717, 1.165) is 48.5 Å². The van der Waals surface area contributed by atoms with Gasteiger partial charge >= 0.3 is 0 Å². The molecule has 58 nitrogen and oxygen atoms in total. The number of ether oxygens (including phenoxy) is 19. The number of carbonyl (C=O) groups excluding carboxylic acids is 7. The molecule has 0 unspecified atom stereocenters. The first-order valence-electron chi connectivity index (χ1n) is 42.1. The second-order valence-corrected chi connectivity index (χ2v) is 33.2. The molecule has 10 rings (SSSR count). The van der Waals surface area contributed by atoms with Gasteiger partial charge < -0.3 is 255 Å². The lowest BCUT2D eigenvalue weighted by molar-refractivity contribution is -0.404. The van der Waals surface area contributed by atoms with Gasteiger partial charge in [0.25, 0.3) is 0 Å². The van der Waals surface area contributed by atoms with Gasteiger partial charge in [0.15, 0.2) is 62.9 Å². The fraction of sp³-hybridized carbons (Fsp3) is 0.905. The standard InChI is InChI=1S/C74H123N7O51/c1-18(90)75-35-53(108)58(30(13-87)116-65(35)113)126-71-41(81-24(7)96)54(109)59(31(14-88)122-71)129-72-57(112)62(130-74-64(132-70-40(80-23(6)95)52(107)46(101)29(12-86)121-70)55(110)60(32(15-89)123-74)127-67-37(77-20(3)92)49(104)43(98)26(9-83)118-67)47(102)33(124-72)16-115-73-63(131-69-39(79-22(5)94)51(106)45(100)28(11-85)120-69)56(111)61(128-68-38(78-21(4)93)50(105)44(99)27(10-84)119-68)34(125-73)17-114-66-36(76-19(2)91)48(103)42(97)25(8-82)117-66/h25-74,82-89,97-113H,8-17H2,1-7H3,(H,75,90)(H,76,91)(H,77,92)(H,78,93)(H,79,94)(H,80,95)(H,81,96)/t25-,26-,27-,28-,29-,30-,31-,32-,33-,34-,35-,36-,37-,38-,39-,40+,41-,42-,43-,44-,45-,46-,47-,48-,49-,50-,51-,52-,53-,54-,55+,56+,57+,58-,59-,60-,61-,62+,63+,64+,65-,66-,67+,68+,69+,70+,71+,72+,73+,74-/m1/s1. The SMILES string of the molecule is CC(=O)N[C@@H]1[C@H](O[C@@H]2[C@@H](O[C@@H]3[C@H](O)[C@H](O[C@H]4[C@H](O)[C@@H](NC(C)=O)[C@H](O[C@H]5[C@H](O)[C@@H](NC(C)=O)[C@H](O)O[C@@H]5CO)O[C@@H]4CO)O[C@H](CO[C@H]4O[C@H](CO[C@@H]5O[C@H](CO)[C@@H](O)[C@H](O)[C@H]5NC(C)=O)[C@@H](O[C@@H]5O[C@H](CO)[C@@H](O)[C@H](O)[C@H]5NC(C)=O)[C@H](O)[C@@H]4O[C@@H]4O[C@H](CO)[C@@H](O)[C@H](O)[C@H]4NC(C)=O)[C@H]3O)O[C@H](CO)[C@@H](O[C@@H]3O[C@H](CO)[C@@H](O)[C@H](O)[C@H]3NC(C)=O)[C@@H]2O)O[C@H](CO)[C@@H](O)[C@@H]1O. The van der Waals surface area contributed by atoms with Crippen molar-refractivity contribution >= 4 is 41.4 Å². The van der Waals surface area contributed by atoms with Gasteiger partial charge in [0, 0.05) is 48.5 Å². The van der Waals surface area contributed by atoms with Crippen LogP contribution >= 0.6 is 0 Å². The van der Waals surface area contributed by atoms with Crippen molar-refractivity contribution in [2.24, 2.45) is 0 Å². The summed E-state index contributed by atoms with van der Waals surface area (Å²) in [4.78, 5) is 89.9. The van der Waals surface area contributed by atoms with Gasteiger partial charge in [-0.05, 0) is 0 Å². The second kappa shape index (κ2) is 47.9. The van der Waals surface area contributed by atoms with Gasteiger partial charge in [-0.1, -0.05) is 0 Å². The fourth-order valence-corrected chi connectivity index (χ4v) is 17.1. The average molecular weight is 1930 g/mol. The van der Waals surface area contributed by atoms with Crippen LogP contribution in [0.25, 0.3) is 0 Å². The van der Waals surface area contributed by atoms with E-state index in [1.54, 1.807) is 0 Å². The van der Waals surface area contributed by atoms with Crippen molar-refractivity contribution in [1.29, 1.82) is 0 Å². The van der Waals surface area contributed by atoms with E-state index in [1.165, 1.54) is 0 Å². The summed E-state index contributed by atoms with van der Waals surface area (Å²) in [7, 11) is 0. The Bertz CT molecular complexity index is 3700. The number of hydrogen-bond acceptors (Lipinski definition) is 51. The molecule has 760 valence electrons. The molecule has 10 heterocycles. The summed E-state index contributed by atoms with van der Waals surface area (Å²) in [6, 6.07) is -13.2. The molecule has 0 spiro atoms. The van der Waals surface area contributed by atoms with E-state index in [4.69, 9.17) is 90.0 Å². The first-order valence-corrected chi connectivity index (χ1v) is 42.1. The molecule has 0 aromatic heterocycles. The highest BCUT2D eigenvalue weighted by atomic mass is 16.8. The van der Waals surface area contributed by atoms with Crippen molar-refractivity contribution in [3.05, 3.63) is 0 Å². The summed E-state index contributed by atoms with van der Waals surface area (Å²) in [5.41, 5.74) is 0. The van der Waals surface area contributed by atoms with Crippen LogP contribution in [-0.4, -0.2) is 542 Å². The molecule has 0 bridgehead atoms. The number of aliphatic hydroxyl groups excluding tert-OH is 25.